The van der Waals surface area contributed by atoms with E-state index >= 15 is 0 Å². The number of amides is 1. The predicted octanol–water partition coefficient (Wildman–Crippen LogP) is 3.71. The van der Waals surface area contributed by atoms with Crippen LogP contribution in [0.4, 0.5) is 0 Å². The van der Waals surface area contributed by atoms with Crippen LogP contribution in [0, 0.1) is 6.92 Å². The number of hydrogen-bond acceptors (Lipinski definition) is 3. The Kier molecular flexibility index (Phi) is 4.30. The molecule has 1 aliphatic carbocycles. The molecule has 1 amide bonds. The fourth-order valence-electron chi connectivity index (χ4n) is 3.62. The summed E-state index contributed by atoms with van der Waals surface area (Å²) in [4.78, 5) is 32.3. The van der Waals surface area contributed by atoms with Gasteiger partial charge in [0.05, 0.1) is 16.6 Å². The van der Waals surface area contributed by atoms with Crippen molar-refractivity contribution in [2.75, 3.05) is 0 Å². The molecule has 1 aliphatic rings. The van der Waals surface area contributed by atoms with Gasteiger partial charge in [0, 0.05) is 17.6 Å². The van der Waals surface area contributed by atoms with Gasteiger partial charge in [0.15, 0.2) is 0 Å². The Morgan fingerprint density at radius 2 is 1.78 bits per heavy atom. The smallest absolute Gasteiger partial charge is 0.265 e. The first kappa shape index (κ1) is 17.5. The number of fused-ring (bicyclic) bond motifs is 1. The van der Waals surface area contributed by atoms with E-state index in [1.165, 1.54) is 0 Å². The number of para-hydroxylation sites is 1. The van der Waals surface area contributed by atoms with E-state index in [1.807, 2.05) is 56.0 Å². The Hall–Kier alpha value is -2.95. The summed E-state index contributed by atoms with van der Waals surface area (Å²) in [5.41, 5.74) is 1.97. The number of carbonyl (C=O) groups is 1. The molecule has 3 aromatic rings. The molecular weight excluding hydrogens is 338 g/mol. The third kappa shape index (κ3) is 3.14. The van der Waals surface area contributed by atoms with E-state index in [1.54, 1.807) is 22.8 Å². The van der Waals surface area contributed by atoms with Gasteiger partial charge >= 0.3 is 0 Å². The summed E-state index contributed by atoms with van der Waals surface area (Å²) in [6.07, 6.45) is 2.17. The SMILES string of the molecule is Cc1nc2ccccc2c(=O)n1-c1ccc(C(=O)N(C(C)C)C2CC2)cc1. The van der Waals surface area contributed by atoms with Crippen LogP contribution in [0.1, 0.15) is 42.9 Å². The Bertz CT molecular complexity index is 1060. The highest BCUT2D eigenvalue weighted by Gasteiger charge is 2.34. The first-order valence-electron chi connectivity index (χ1n) is 9.39. The van der Waals surface area contributed by atoms with E-state index in [9.17, 15) is 9.59 Å². The minimum atomic E-state index is -0.0982. The molecule has 0 bridgehead atoms. The van der Waals surface area contributed by atoms with Crippen molar-refractivity contribution in [2.24, 2.45) is 0 Å². The standard InChI is InChI=1S/C22H23N3O2/c1-14(2)24(17-12-13-17)21(26)16-8-10-18(11-9-16)25-15(3)23-20-7-5-4-6-19(20)22(25)27/h4-11,14,17H,12-13H2,1-3H3. The third-order valence-electron chi connectivity index (χ3n) is 5.05. The maximum Gasteiger partial charge on any atom is 0.265 e. The van der Waals surface area contributed by atoms with Crippen molar-refractivity contribution in [3.63, 3.8) is 0 Å². The molecule has 2 aromatic carbocycles. The van der Waals surface area contributed by atoms with Crippen LogP contribution in [0.25, 0.3) is 16.6 Å². The topological polar surface area (TPSA) is 55.2 Å². The average Bonchev–Trinajstić information content (AvgIpc) is 3.47. The summed E-state index contributed by atoms with van der Waals surface area (Å²) in [7, 11) is 0. The zero-order chi connectivity index (χ0) is 19.1. The molecule has 0 N–H and O–H groups in total. The number of benzene rings is 2. The van der Waals surface area contributed by atoms with Gasteiger partial charge in [-0.25, -0.2) is 4.98 Å². The summed E-state index contributed by atoms with van der Waals surface area (Å²) in [6, 6.07) is 15.1. The molecule has 0 atom stereocenters. The average molecular weight is 361 g/mol. The first-order chi connectivity index (χ1) is 13.0. The van der Waals surface area contributed by atoms with Crippen LogP contribution in [0.15, 0.2) is 53.3 Å². The lowest BCUT2D eigenvalue weighted by molar-refractivity contribution is 0.0690. The van der Waals surface area contributed by atoms with Crippen LogP contribution in [-0.2, 0) is 0 Å². The first-order valence-corrected chi connectivity index (χ1v) is 9.39. The zero-order valence-corrected chi connectivity index (χ0v) is 15.8. The van der Waals surface area contributed by atoms with Gasteiger partial charge in [-0.1, -0.05) is 12.1 Å². The largest absolute Gasteiger partial charge is 0.333 e. The molecule has 1 fully saturated rings. The van der Waals surface area contributed by atoms with Gasteiger partial charge in [0.25, 0.3) is 11.5 Å². The molecule has 5 heteroatoms. The van der Waals surface area contributed by atoms with Crippen LogP contribution >= 0.6 is 0 Å². The van der Waals surface area contributed by atoms with Crippen molar-refractivity contribution >= 4 is 16.8 Å². The number of aromatic nitrogens is 2. The van der Waals surface area contributed by atoms with Crippen LogP contribution in [0.3, 0.4) is 0 Å². The van der Waals surface area contributed by atoms with Gasteiger partial charge in [-0.15, -0.1) is 0 Å². The van der Waals surface area contributed by atoms with E-state index in [0.717, 1.165) is 18.5 Å². The van der Waals surface area contributed by atoms with Gasteiger partial charge < -0.3 is 4.90 Å². The molecule has 1 saturated carbocycles. The maximum absolute atomic E-state index is 12.9. The Morgan fingerprint density at radius 3 is 2.41 bits per heavy atom. The lowest BCUT2D eigenvalue weighted by Crippen LogP contribution is -2.38. The molecule has 1 aromatic heterocycles. The van der Waals surface area contributed by atoms with Crippen molar-refractivity contribution < 1.29 is 4.79 Å². The van der Waals surface area contributed by atoms with Crippen molar-refractivity contribution in [1.82, 2.24) is 14.5 Å². The molecule has 0 aliphatic heterocycles. The number of carbonyl (C=O) groups excluding carboxylic acids is 1. The molecule has 1 heterocycles. The maximum atomic E-state index is 12.9. The summed E-state index contributed by atoms with van der Waals surface area (Å²) in [5, 5.41) is 0.586. The van der Waals surface area contributed by atoms with Gasteiger partial charge in [0.1, 0.15) is 5.82 Å². The second-order valence-corrected chi connectivity index (χ2v) is 7.40. The van der Waals surface area contributed by atoms with Crippen molar-refractivity contribution in [2.45, 2.75) is 45.7 Å². The number of hydrogen-bond donors (Lipinski definition) is 0. The molecule has 5 nitrogen and oxygen atoms in total. The van der Waals surface area contributed by atoms with E-state index in [0.29, 0.717) is 28.3 Å². The minimum absolute atomic E-state index is 0.0553. The third-order valence-corrected chi connectivity index (χ3v) is 5.05. The summed E-state index contributed by atoms with van der Waals surface area (Å²) >= 11 is 0. The van der Waals surface area contributed by atoms with E-state index in [4.69, 9.17) is 0 Å². The molecule has 0 unspecified atom stereocenters. The van der Waals surface area contributed by atoms with E-state index < -0.39 is 0 Å². The van der Waals surface area contributed by atoms with Crippen molar-refractivity contribution in [3.05, 3.63) is 70.3 Å². The van der Waals surface area contributed by atoms with Gasteiger partial charge in [-0.05, 0) is 70.0 Å². The van der Waals surface area contributed by atoms with Gasteiger partial charge in [0.2, 0.25) is 0 Å². The summed E-state index contributed by atoms with van der Waals surface area (Å²) in [5.74, 6) is 0.680. The molecule has 0 radical (unpaired) electrons. The highest BCUT2D eigenvalue weighted by atomic mass is 16.2. The highest BCUT2D eigenvalue weighted by Crippen LogP contribution is 2.30. The monoisotopic (exact) mass is 361 g/mol. The fourth-order valence-corrected chi connectivity index (χ4v) is 3.62. The number of aryl methyl sites for hydroxylation is 1. The fraction of sp³-hybridized carbons (Fsp3) is 0.318. The van der Waals surface area contributed by atoms with Gasteiger partial charge in [-0.2, -0.15) is 0 Å². The summed E-state index contributed by atoms with van der Waals surface area (Å²) < 4.78 is 1.59. The van der Waals surface area contributed by atoms with Crippen molar-refractivity contribution in [1.29, 1.82) is 0 Å². The molecule has 0 spiro atoms. The predicted molar refractivity (Wildman–Crippen MR) is 106 cm³/mol. The Balaban J connectivity index is 1.72. The zero-order valence-electron chi connectivity index (χ0n) is 15.8. The molecule has 138 valence electrons. The van der Waals surface area contributed by atoms with Crippen LogP contribution in [0.5, 0.6) is 0 Å². The minimum Gasteiger partial charge on any atom is -0.333 e. The quantitative estimate of drug-likeness (QED) is 0.712. The Morgan fingerprint density at radius 1 is 1.11 bits per heavy atom. The normalized spacial score (nSPS) is 13.9. The van der Waals surface area contributed by atoms with E-state index in [-0.39, 0.29) is 17.5 Å². The molecule has 27 heavy (non-hydrogen) atoms. The number of rotatable bonds is 4. The van der Waals surface area contributed by atoms with E-state index in [2.05, 4.69) is 4.98 Å². The lowest BCUT2D eigenvalue weighted by atomic mass is 10.1. The van der Waals surface area contributed by atoms with Crippen molar-refractivity contribution in [3.8, 4) is 5.69 Å². The molecular formula is C22H23N3O2. The van der Waals surface area contributed by atoms with Crippen LogP contribution in [0.2, 0.25) is 0 Å². The lowest BCUT2D eigenvalue weighted by Gasteiger charge is -2.26. The second-order valence-electron chi connectivity index (χ2n) is 7.40. The second kappa shape index (κ2) is 6.65. The van der Waals surface area contributed by atoms with Crippen LogP contribution < -0.4 is 5.56 Å². The molecule has 0 saturated heterocycles. The summed E-state index contributed by atoms with van der Waals surface area (Å²) in [6.45, 7) is 5.92. The number of nitrogens with zero attached hydrogens (tertiary/aromatic N) is 3. The van der Waals surface area contributed by atoms with Crippen LogP contribution in [-0.4, -0.2) is 32.4 Å². The van der Waals surface area contributed by atoms with Gasteiger partial charge in [-0.3, -0.25) is 14.2 Å². The molecule has 4 rings (SSSR count). The highest BCUT2D eigenvalue weighted by molar-refractivity contribution is 5.95. The Labute approximate surface area is 158 Å².